The van der Waals surface area contributed by atoms with E-state index in [0.717, 1.165) is 96.6 Å². The van der Waals surface area contributed by atoms with Gasteiger partial charge in [-0.3, -0.25) is 19.9 Å². The molecule has 0 amide bonds. The number of rotatable bonds is 8. The number of aromatic nitrogens is 5. The lowest BCUT2D eigenvalue weighted by atomic mass is 9.77. The molecule has 0 radical (unpaired) electrons. The lowest BCUT2D eigenvalue weighted by molar-refractivity contribution is 0.429. The van der Waals surface area contributed by atoms with E-state index in [2.05, 4.69) is 205 Å². The Hall–Kier alpha value is -9.46. The van der Waals surface area contributed by atoms with Crippen molar-refractivity contribution in [2.75, 3.05) is 6.54 Å². The fourth-order valence-corrected chi connectivity index (χ4v) is 12.8. The molecule has 6 aromatic carbocycles. The van der Waals surface area contributed by atoms with Gasteiger partial charge in [-0.05, 0) is 132 Å². The minimum Gasteiger partial charge on any atom is -0.459 e. The van der Waals surface area contributed by atoms with E-state index in [4.69, 9.17) is 24.4 Å². The van der Waals surface area contributed by atoms with E-state index < -0.39 is 5.41 Å². The highest BCUT2D eigenvalue weighted by Gasteiger charge is 2.39. The predicted octanol–water partition coefficient (Wildman–Crippen LogP) is 17.0. The van der Waals surface area contributed by atoms with Gasteiger partial charge in [0.15, 0.2) is 0 Å². The van der Waals surface area contributed by atoms with E-state index in [0.29, 0.717) is 6.54 Å². The molecule has 7 heteroatoms. The van der Waals surface area contributed by atoms with E-state index in [1.54, 1.807) is 0 Å². The Morgan fingerprint density at radius 2 is 1.30 bits per heavy atom. The number of fused-ring (bicyclic) bond motifs is 9. The molecule has 6 aromatic heterocycles. The number of allylic oxidation sites excluding steroid dienone is 8. The first kappa shape index (κ1) is 45.0. The van der Waals surface area contributed by atoms with Crippen LogP contribution in [0.1, 0.15) is 66.4 Å². The Morgan fingerprint density at radius 1 is 0.597 bits per heavy atom. The Kier molecular flexibility index (Phi) is 10.4. The molecule has 3 unspecified atom stereocenters. The van der Waals surface area contributed by atoms with Crippen LogP contribution in [0.25, 0.3) is 99.4 Å². The molecule has 0 saturated carbocycles. The maximum Gasteiger partial charge on any atom is 0.145 e. The molecule has 0 bridgehead atoms. The average molecular weight is 993 g/mol. The number of para-hydroxylation sites is 2. The molecular weight excluding hydrogens is 941 g/mol. The Labute approximate surface area is 446 Å². The normalized spacial score (nSPS) is 18.3. The third-order valence-corrected chi connectivity index (χ3v) is 16.6. The van der Waals surface area contributed by atoms with E-state index >= 15 is 0 Å². The van der Waals surface area contributed by atoms with Crippen molar-refractivity contribution in [1.29, 1.82) is 0 Å². The summed E-state index contributed by atoms with van der Waals surface area (Å²) < 4.78 is 12.2. The number of nitrogens with zero attached hydrogens (tertiary/aromatic N) is 6. The van der Waals surface area contributed by atoms with Crippen LogP contribution in [0.3, 0.4) is 0 Å². The van der Waals surface area contributed by atoms with Gasteiger partial charge in [0.1, 0.15) is 11.3 Å². The topological polar surface area (TPSA) is 74.0 Å². The van der Waals surface area contributed by atoms with Crippen LogP contribution in [0, 0.1) is 5.92 Å². The number of hydrogen-bond acceptors (Lipinski definition) is 5. The van der Waals surface area contributed by atoms with Crippen molar-refractivity contribution < 1.29 is 4.42 Å². The van der Waals surface area contributed by atoms with Crippen LogP contribution in [-0.2, 0) is 5.41 Å². The third-order valence-electron chi connectivity index (χ3n) is 16.6. The van der Waals surface area contributed by atoms with Crippen molar-refractivity contribution in [1.82, 2.24) is 24.1 Å². The molecule has 3 aliphatic rings. The summed E-state index contributed by atoms with van der Waals surface area (Å²) in [5.74, 6) is 1.13. The molecule has 0 fully saturated rings. The lowest BCUT2D eigenvalue weighted by Gasteiger charge is -2.30. The van der Waals surface area contributed by atoms with Gasteiger partial charge in [0.05, 0.1) is 40.4 Å². The van der Waals surface area contributed by atoms with Gasteiger partial charge >= 0.3 is 0 Å². The highest BCUT2D eigenvalue weighted by atomic mass is 16.3. The van der Waals surface area contributed by atoms with Gasteiger partial charge in [-0.2, -0.15) is 0 Å². The molecule has 7 heterocycles. The molecule has 368 valence electrons. The monoisotopic (exact) mass is 992 g/mol. The Morgan fingerprint density at radius 3 is 2.14 bits per heavy atom. The zero-order valence-electron chi connectivity index (χ0n) is 42.8. The van der Waals surface area contributed by atoms with Crippen LogP contribution in [0.2, 0.25) is 0 Å². The highest BCUT2D eigenvalue weighted by Crippen LogP contribution is 2.47. The summed E-state index contributed by atoms with van der Waals surface area (Å²) in [5.41, 5.74) is 19.5. The van der Waals surface area contributed by atoms with Crippen LogP contribution in [0.15, 0.2) is 234 Å². The van der Waals surface area contributed by atoms with Crippen molar-refractivity contribution in [2.45, 2.75) is 38.1 Å². The fraction of sp³-hybridized carbons (Fsp3) is 0.114. The van der Waals surface area contributed by atoms with Gasteiger partial charge < -0.3 is 13.6 Å². The molecule has 0 saturated heterocycles. The van der Waals surface area contributed by atoms with E-state index in [9.17, 15) is 0 Å². The van der Waals surface area contributed by atoms with Gasteiger partial charge in [-0.15, -0.1) is 0 Å². The smallest absolute Gasteiger partial charge is 0.145 e. The molecule has 12 aromatic rings. The van der Waals surface area contributed by atoms with Gasteiger partial charge in [-0.1, -0.05) is 134 Å². The Balaban J connectivity index is 0.811. The number of aliphatic imine (C=N–C) groups is 1. The molecule has 7 nitrogen and oxygen atoms in total. The quantitative estimate of drug-likeness (QED) is 0.152. The molecule has 1 aliphatic heterocycles. The fourth-order valence-electron chi connectivity index (χ4n) is 12.8. The first-order valence-corrected chi connectivity index (χ1v) is 26.8. The molecule has 3 atom stereocenters. The Bertz CT molecular complexity index is 4530. The van der Waals surface area contributed by atoms with E-state index in [1.807, 2.05) is 49.2 Å². The predicted molar refractivity (Wildman–Crippen MR) is 317 cm³/mol. The second-order valence-electron chi connectivity index (χ2n) is 21.1. The summed E-state index contributed by atoms with van der Waals surface area (Å²) in [4.78, 5) is 19.5. The van der Waals surface area contributed by atoms with Crippen molar-refractivity contribution in [3.8, 4) is 28.1 Å². The second-order valence-corrected chi connectivity index (χ2v) is 21.1. The molecule has 0 N–H and O–H groups in total. The van der Waals surface area contributed by atoms with Crippen molar-refractivity contribution in [2.24, 2.45) is 10.9 Å². The summed E-state index contributed by atoms with van der Waals surface area (Å²) in [5, 5.41) is 5.88. The maximum absolute atomic E-state index is 7.28. The van der Waals surface area contributed by atoms with Crippen LogP contribution in [-0.4, -0.2) is 36.8 Å². The van der Waals surface area contributed by atoms with Gasteiger partial charge in [0.2, 0.25) is 0 Å². The zero-order valence-corrected chi connectivity index (χ0v) is 42.8. The van der Waals surface area contributed by atoms with Crippen molar-refractivity contribution in [3.63, 3.8) is 0 Å². The van der Waals surface area contributed by atoms with Crippen LogP contribution in [0.5, 0.6) is 0 Å². The minimum absolute atomic E-state index is 0.0356. The second kappa shape index (κ2) is 17.9. The SMILES string of the molecule is CC1C=CC(c2cncc3c4c(oc23)C(C)(c2cccc(-n3c5ccccc5c5cc(-c6ccccc6-c6ccccn6)ccc53)c2)CN=C4)=CC1n1c2ccccc2c2cc(C3=C(c4ccccn4)C=CCC3)ccc21. The van der Waals surface area contributed by atoms with E-state index in [1.165, 1.54) is 49.3 Å². The molecule has 0 spiro atoms. The van der Waals surface area contributed by atoms with Crippen molar-refractivity contribution in [3.05, 3.63) is 259 Å². The first-order valence-electron chi connectivity index (χ1n) is 26.8. The standard InChI is InChI=1S/C70H52N6O/c1-44-28-29-47(38-67(44)76-64-27-10-8-23-55(64)57-37-46(31-33-66(57)76)51-19-4-6-21-53(51)62-25-12-14-35-74-62)58-40-71-41-59-60-42-72-43-70(2,69(60)77-68(58)59)48-16-15-17-49(39-48)75-63-26-9-7-22-54(63)56-36-45(30-32-65(56)75)50-18-3-5-20-52(50)61-24-11-13-34-73-61/h3,5-18,20-42,44,67H,4,19,43H2,1-2H3. The molecular formula is C70H52N6O. The van der Waals surface area contributed by atoms with Crippen LogP contribution in [0.4, 0.5) is 0 Å². The highest BCUT2D eigenvalue weighted by molar-refractivity contribution is 6.12. The molecule has 15 rings (SSSR count). The van der Waals surface area contributed by atoms with Crippen LogP contribution < -0.4 is 0 Å². The third kappa shape index (κ3) is 7.18. The summed E-state index contributed by atoms with van der Waals surface area (Å²) in [6.07, 6.45) is 23.2. The van der Waals surface area contributed by atoms with E-state index in [-0.39, 0.29) is 12.0 Å². The molecule has 77 heavy (non-hydrogen) atoms. The van der Waals surface area contributed by atoms with Crippen molar-refractivity contribution >= 4 is 77.5 Å². The summed E-state index contributed by atoms with van der Waals surface area (Å²) in [6.45, 7) is 5.15. The van der Waals surface area contributed by atoms with Gasteiger partial charge in [-0.25, -0.2) is 0 Å². The zero-order chi connectivity index (χ0) is 51.2. The number of benzene rings is 6. The number of furan rings is 1. The summed E-state index contributed by atoms with van der Waals surface area (Å²) in [7, 11) is 0. The van der Waals surface area contributed by atoms with Gasteiger partial charge in [0, 0.05) is 96.9 Å². The minimum atomic E-state index is -0.560. The number of pyridine rings is 3. The number of hydrogen-bond donors (Lipinski definition) is 0. The molecule has 2 aliphatic carbocycles. The van der Waals surface area contributed by atoms with Crippen LogP contribution >= 0.6 is 0 Å². The van der Waals surface area contributed by atoms with Gasteiger partial charge in [0.25, 0.3) is 0 Å². The average Bonchev–Trinajstić information content (AvgIpc) is 4.30. The first-order chi connectivity index (χ1) is 38.0. The largest absolute Gasteiger partial charge is 0.459 e. The maximum atomic E-state index is 7.28. The summed E-state index contributed by atoms with van der Waals surface area (Å²) in [6, 6.07) is 61.4. The summed E-state index contributed by atoms with van der Waals surface area (Å²) >= 11 is 0. The lowest BCUT2D eigenvalue weighted by Crippen LogP contribution is -2.30.